The van der Waals surface area contributed by atoms with Crippen LogP contribution in [0.25, 0.3) is 0 Å². The van der Waals surface area contributed by atoms with Crippen molar-refractivity contribution < 1.29 is 0 Å². The maximum atomic E-state index is 3.81. The summed E-state index contributed by atoms with van der Waals surface area (Å²) in [5.74, 6) is 0.845. The van der Waals surface area contributed by atoms with E-state index in [1.165, 1.54) is 64.6 Å². The first-order valence-corrected chi connectivity index (χ1v) is 8.47. The lowest BCUT2D eigenvalue weighted by Crippen LogP contribution is -2.69. The van der Waals surface area contributed by atoms with E-state index in [9.17, 15) is 0 Å². The normalized spacial score (nSPS) is 28.4. The third-order valence-corrected chi connectivity index (χ3v) is 5.25. The minimum absolute atomic E-state index is 0.286. The lowest BCUT2D eigenvalue weighted by Gasteiger charge is -2.55. The van der Waals surface area contributed by atoms with Crippen LogP contribution in [-0.4, -0.2) is 35.6 Å². The first-order valence-electron chi connectivity index (χ1n) is 8.47. The molecule has 0 aromatic carbocycles. The van der Waals surface area contributed by atoms with Crippen LogP contribution in [0.1, 0.15) is 72.6 Å². The number of piperazine rings is 1. The molecule has 0 radical (unpaired) electrons. The highest BCUT2D eigenvalue weighted by molar-refractivity contribution is 5.03. The Hall–Kier alpha value is -0.0800. The van der Waals surface area contributed by atoms with Crippen molar-refractivity contribution in [2.75, 3.05) is 19.6 Å². The molecule has 0 aromatic rings. The van der Waals surface area contributed by atoms with Crippen LogP contribution in [0.5, 0.6) is 0 Å². The molecule has 2 aliphatic rings. The Bertz CT molecular complexity index is 279. The number of nitrogens with one attached hydrogen (secondary N) is 1. The molecule has 1 atom stereocenters. The first kappa shape index (κ1) is 15.3. The minimum Gasteiger partial charge on any atom is -0.309 e. The average molecular weight is 266 g/mol. The third-order valence-electron chi connectivity index (χ3n) is 5.25. The van der Waals surface area contributed by atoms with E-state index in [1.807, 2.05) is 0 Å². The van der Waals surface area contributed by atoms with Crippen LogP contribution < -0.4 is 5.32 Å². The standard InChI is InChI=1S/C17H34N2/c1-5-9-15(2)12-19-14-16(3,4)18-13-17(19)10-7-6-8-11-17/h15,18H,5-14H2,1-4H3. The number of hydrogen-bond acceptors (Lipinski definition) is 2. The van der Waals surface area contributed by atoms with Crippen molar-refractivity contribution in [1.82, 2.24) is 10.2 Å². The molecule has 1 saturated heterocycles. The topological polar surface area (TPSA) is 15.3 Å². The highest BCUT2D eigenvalue weighted by Gasteiger charge is 2.44. The van der Waals surface area contributed by atoms with Crippen molar-refractivity contribution in [3.05, 3.63) is 0 Å². The number of rotatable bonds is 4. The van der Waals surface area contributed by atoms with Crippen molar-refractivity contribution >= 4 is 0 Å². The summed E-state index contributed by atoms with van der Waals surface area (Å²) in [6, 6.07) is 0. The second kappa shape index (κ2) is 6.13. The first-order chi connectivity index (χ1) is 8.97. The van der Waals surface area contributed by atoms with Crippen LogP contribution in [0.2, 0.25) is 0 Å². The Morgan fingerprint density at radius 2 is 1.84 bits per heavy atom. The predicted octanol–water partition coefficient (Wildman–Crippen LogP) is 3.81. The Kier molecular flexibility index (Phi) is 4.94. The molecule has 2 rings (SSSR count). The van der Waals surface area contributed by atoms with Gasteiger partial charge in [0.05, 0.1) is 0 Å². The summed E-state index contributed by atoms with van der Waals surface area (Å²) in [4.78, 5) is 2.86. The van der Waals surface area contributed by atoms with Crippen LogP contribution in [0.4, 0.5) is 0 Å². The van der Waals surface area contributed by atoms with E-state index < -0.39 is 0 Å². The molecule has 1 aliphatic heterocycles. The zero-order valence-corrected chi connectivity index (χ0v) is 13.6. The quantitative estimate of drug-likeness (QED) is 0.832. The zero-order chi connectivity index (χ0) is 13.9. The van der Waals surface area contributed by atoms with Gasteiger partial charge < -0.3 is 5.32 Å². The van der Waals surface area contributed by atoms with E-state index in [-0.39, 0.29) is 5.54 Å². The molecule has 1 saturated carbocycles. The summed E-state index contributed by atoms with van der Waals surface area (Å²) in [6.45, 7) is 13.2. The molecule has 0 amide bonds. The molecule has 0 bridgehead atoms. The maximum Gasteiger partial charge on any atom is 0.0335 e. The summed E-state index contributed by atoms with van der Waals surface area (Å²) < 4.78 is 0. The van der Waals surface area contributed by atoms with E-state index in [2.05, 4.69) is 37.9 Å². The van der Waals surface area contributed by atoms with E-state index in [1.54, 1.807) is 0 Å². The van der Waals surface area contributed by atoms with E-state index >= 15 is 0 Å². The van der Waals surface area contributed by atoms with Crippen LogP contribution in [0.3, 0.4) is 0 Å². The lowest BCUT2D eigenvalue weighted by molar-refractivity contribution is -0.0191. The monoisotopic (exact) mass is 266 g/mol. The summed E-state index contributed by atoms with van der Waals surface area (Å²) in [6.07, 6.45) is 9.83. The van der Waals surface area contributed by atoms with Crippen molar-refractivity contribution in [2.45, 2.75) is 83.7 Å². The fourth-order valence-corrected chi connectivity index (χ4v) is 4.14. The van der Waals surface area contributed by atoms with E-state index in [0.29, 0.717) is 5.54 Å². The molecule has 2 fully saturated rings. The molecule has 2 nitrogen and oxygen atoms in total. The van der Waals surface area contributed by atoms with Gasteiger partial charge >= 0.3 is 0 Å². The van der Waals surface area contributed by atoms with Crippen LogP contribution in [0.15, 0.2) is 0 Å². The van der Waals surface area contributed by atoms with Gasteiger partial charge in [-0.05, 0) is 39.0 Å². The molecule has 112 valence electrons. The van der Waals surface area contributed by atoms with Crippen molar-refractivity contribution in [3.8, 4) is 0 Å². The zero-order valence-electron chi connectivity index (χ0n) is 13.6. The van der Waals surface area contributed by atoms with Gasteiger partial charge in [-0.25, -0.2) is 0 Å². The molecule has 2 heteroatoms. The SMILES string of the molecule is CCCC(C)CN1CC(C)(C)NCC12CCCCC2. The van der Waals surface area contributed by atoms with Crippen LogP contribution >= 0.6 is 0 Å². The average Bonchev–Trinajstić information content (AvgIpc) is 2.36. The smallest absolute Gasteiger partial charge is 0.0335 e. The fourth-order valence-electron chi connectivity index (χ4n) is 4.14. The maximum absolute atomic E-state index is 3.81. The second-order valence-electron chi connectivity index (χ2n) is 7.80. The molecule has 0 aromatic heterocycles. The number of nitrogens with zero attached hydrogens (tertiary/aromatic N) is 1. The largest absolute Gasteiger partial charge is 0.309 e. The van der Waals surface area contributed by atoms with Gasteiger partial charge in [0.2, 0.25) is 0 Å². The summed E-state index contributed by atoms with van der Waals surface area (Å²) in [5.41, 5.74) is 0.768. The van der Waals surface area contributed by atoms with Gasteiger partial charge in [0.25, 0.3) is 0 Å². The van der Waals surface area contributed by atoms with Gasteiger partial charge in [0, 0.05) is 30.7 Å². The highest BCUT2D eigenvalue weighted by atomic mass is 15.3. The predicted molar refractivity (Wildman–Crippen MR) is 83.5 cm³/mol. The van der Waals surface area contributed by atoms with E-state index in [4.69, 9.17) is 0 Å². The van der Waals surface area contributed by atoms with Crippen LogP contribution in [-0.2, 0) is 0 Å². The van der Waals surface area contributed by atoms with Crippen molar-refractivity contribution in [3.63, 3.8) is 0 Å². The molecule has 1 aliphatic carbocycles. The third kappa shape index (κ3) is 3.72. The van der Waals surface area contributed by atoms with Gasteiger partial charge in [-0.1, -0.05) is 39.5 Å². The lowest BCUT2D eigenvalue weighted by atomic mass is 9.76. The second-order valence-corrected chi connectivity index (χ2v) is 7.80. The Balaban J connectivity index is 2.07. The fraction of sp³-hybridized carbons (Fsp3) is 1.00. The molecular formula is C17H34N2. The van der Waals surface area contributed by atoms with Gasteiger partial charge in [-0.15, -0.1) is 0 Å². The molecule has 19 heavy (non-hydrogen) atoms. The Labute approximate surface area is 120 Å². The van der Waals surface area contributed by atoms with Crippen LogP contribution in [0, 0.1) is 5.92 Å². The summed E-state index contributed by atoms with van der Waals surface area (Å²) in [5, 5.41) is 3.81. The molecule has 1 unspecified atom stereocenters. The molecular weight excluding hydrogens is 232 g/mol. The Morgan fingerprint density at radius 3 is 2.47 bits per heavy atom. The molecule has 1 heterocycles. The molecule has 1 spiro atoms. The van der Waals surface area contributed by atoms with Gasteiger partial charge in [0.1, 0.15) is 0 Å². The molecule has 1 N–H and O–H groups in total. The minimum atomic E-state index is 0.286. The Morgan fingerprint density at radius 1 is 1.16 bits per heavy atom. The van der Waals surface area contributed by atoms with Crippen molar-refractivity contribution in [2.24, 2.45) is 5.92 Å². The number of hydrogen-bond donors (Lipinski definition) is 1. The van der Waals surface area contributed by atoms with Crippen molar-refractivity contribution in [1.29, 1.82) is 0 Å². The van der Waals surface area contributed by atoms with Gasteiger partial charge in [0.15, 0.2) is 0 Å². The summed E-state index contributed by atoms with van der Waals surface area (Å²) in [7, 11) is 0. The summed E-state index contributed by atoms with van der Waals surface area (Å²) >= 11 is 0. The van der Waals surface area contributed by atoms with Gasteiger partial charge in [-0.3, -0.25) is 4.90 Å². The highest BCUT2D eigenvalue weighted by Crippen LogP contribution is 2.37. The van der Waals surface area contributed by atoms with E-state index in [0.717, 1.165) is 5.92 Å². The van der Waals surface area contributed by atoms with Gasteiger partial charge in [-0.2, -0.15) is 0 Å².